The van der Waals surface area contributed by atoms with E-state index in [-0.39, 0.29) is 23.4 Å². The molecule has 2 rings (SSSR count). The fourth-order valence-electron chi connectivity index (χ4n) is 1.62. The van der Waals surface area contributed by atoms with Gasteiger partial charge in [0, 0.05) is 6.54 Å². The monoisotopic (exact) mass is 265 g/mol. The fraction of sp³-hybridized carbons (Fsp3) is 0.417. The molecule has 1 aliphatic heterocycles. The average Bonchev–Trinajstić information content (AvgIpc) is 2.69. The third kappa shape index (κ3) is 3.01. The second-order valence-corrected chi connectivity index (χ2v) is 4.90. The molecule has 1 aromatic rings. The van der Waals surface area contributed by atoms with Crippen LogP contribution in [-0.4, -0.2) is 33.3 Å². The number of hydrogen-bond acceptors (Lipinski definition) is 5. The molecule has 1 saturated heterocycles. The second kappa shape index (κ2) is 5.86. The Morgan fingerprint density at radius 1 is 1.44 bits per heavy atom. The summed E-state index contributed by atoms with van der Waals surface area (Å²) in [4.78, 5) is 28.6. The number of aromatic nitrogens is 1. The number of carbonyl (C=O) groups excluding carboxylic acids is 2. The minimum absolute atomic E-state index is 0.140. The van der Waals surface area contributed by atoms with Gasteiger partial charge in [0.25, 0.3) is 5.24 Å². The van der Waals surface area contributed by atoms with E-state index < -0.39 is 0 Å². The zero-order valence-electron chi connectivity index (χ0n) is 10.2. The van der Waals surface area contributed by atoms with Gasteiger partial charge >= 0.3 is 0 Å². The number of carbonyl (C=O) groups is 2. The predicted octanol–water partition coefficient (Wildman–Crippen LogP) is 2.10. The van der Waals surface area contributed by atoms with Crippen molar-refractivity contribution in [3.8, 4) is 0 Å². The van der Waals surface area contributed by atoms with Crippen LogP contribution in [0, 0.1) is 0 Å². The van der Waals surface area contributed by atoms with Crippen LogP contribution in [0.25, 0.3) is 0 Å². The van der Waals surface area contributed by atoms with Crippen molar-refractivity contribution < 1.29 is 9.59 Å². The Hall–Kier alpha value is -1.56. The Morgan fingerprint density at radius 3 is 2.94 bits per heavy atom. The van der Waals surface area contributed by atoms with Crippen LogP contribution in [0.3, 0.4) is 0 Å². The van der Waals surface area contributed by atoms with E-state index in [9.17, 15) is 9.59 Å². The molecule has 2 amide bonds. The fourth-order valence-corrected chi connectivity index (χ4v) is 2.34. The van der Waals surface area contributed by atoms with Crippen LogP contribution < -0.4 is 5.32 Å². The molecule has 0 spiro atoms. The van der Waals surface area contributed by atoms with Crippen LogP contribution in [0.1, 0.15) is 19.0 Å². The van der Waals surface area contributed by atoms with Crippen molar-refractivity contribution in [2.24, 2.45) is 0 Å². The Morgan fingerprint density at radius 2 is 2.28 bits per heavy atom. The van der Waals surface area contributed by atoms with E-state index >= 15 is 0 Å². The number of nitrogens with one attached hydrogen (secondary N) is 1. The van der Waals surface area contributed by atoms with Gasteiger partial charge in [0.2, 0.25) is 5.91 Å². The number of anilines is 1. The first-order valence-corrected chi connectivity index (χ1v) is 6.86. The molecule has 1 aliphatic rings. The molecule has 1 fully saturated rings. The lowest BCUT2D eigenvalue weighted by atomic mass is 10.3. The van der Waals surface area contributed by atoms with E-state index in [0.717, 1.165) is 36.2 Å². The first-order chi connectivity index (χ1) is 8.70. The van der Waals surface area contributed by atoms with Crippen molar-refractivity contribution in [1.82, 2.24) is 9.88 Å². The first-order valence-electron chi connectivity index (χ1n) is 5.87. The molecule has 0 bridgehead atoms. The predicted molar refractivity (Wildman–Crippen MR) is 71.4 cm³/mol. The van der Waals surface area contributed by atoms with E-state index in [1.54, 1.807) is 0 Å². The van der Waals surface area contributed by atoms with Gasteiger partial charge in [0.15, 0.2) is 0 Å². The summed E-state index contributed by atoms with van der Waals surface area (Å²) in [6, 6.07) is 5.57. The zero-order valence-corrected chi connectivity index (χ0v) is 11.0. The summed E-state index contributed by atoms with van der Waals surface area (Å²) < 4.78 is 0. The SMILES string of the molecule is CCCNc1cccc(CN2C(=O)CSC2=O)n1. The van der Waals surface area contributed by atoms with E-state index in [1.165, 1.54) is 4.90 Å². The molecular weight excluding hydrogens is 250 g/mol. The summed E-state index contributed by atoms with van der Waals surface area (Å²) in [5, 5.41) is 2.99. The Kier molecular flexibility index (Phi) is 4.19. The number of thioether (sulfide) groups is 1. The Labute approximate surface area is 110 Å². The highest BCUT2D eigenvalue weighted by atomic mass is 32.2. The molecule has 0 aliphatic carbocycles. The summed E-state index contributed by atoms with van der Waals surface area (Å²) >= 11 is 1.04. The Bertz CT molecular complexity index is 448. The molecule has 6 heteroatoms. The number of imide groups is 1. The minimum atomic E-state index is -0.186. The average molecular weight is 265 g/mol. The van der Waals surface area contributed by atoms with Gasteiger partial charge in [-0.1, -0.05) is 24.8 Å². The lowest BCUT2D eigenvalue weighted by Gasteiger charge is -2.13. The van der Waals surface area contributed by atoms with Gasteiger partial charge in [-0.2, -0.15) is 0 Å². The number of nitrogens with zero attached hydrogens (tertiary/aromatic N) is 2. The summed E-state index contributed by atoms with van der Waals surface area (Å²) in [7, 11) is 0. The van der Waals surface area contributed by atoms with Crippen molar-refractivity contribution in [2.75, 3.05) is 17.6 Å². The molecule has 18 heavy (non-hydrogen) atoms. The molecule has 96 valence electrons. The molecule has 1 N–H and O–H groups in total. The van der Waals surface area contributed by atoms with Crippen LogP contribution in [-0.2, 0) is 11.3 Å². The van der Waals surface area contributed by atoms with E-state index in [0.29, 0.717) is 0 Å². The Balaban J connectivity index is 2.04. The van der Waals surface area contributed by atoms with Crippen molar-refractivity contribution in [1.29, 1.82) is 0 Å². The molecule has 0 radical (unpaired) electrons. The van der Waals surface area contributed by atoms with Crippen molar-refractivity contribution in [3.05, 3.63) is 23.9 Å². The van der Waals surface area contributed by atoms with Gasteiger partial charge in [0.05, 0.1) is 18.0 Å². The van der Waals surface area contributed by atoms with Crippen LogP contribution in [0.4, 0.5) is 10.6 Å². The number of amides is 2. The van der Waals surface area contributed by atoms with Crippen LogP contribution in [0.5, 0.6) is 0 Å². The third-order valence-electron chi connectivity index (χ3n) is 2.52. The van der Waals surface area contributed by atoms with Gasteiger partial charge in [0.1, 0.15) is 5.82 Å². The van der Waals surface area contributed by atoms with Gasteiger partial charge < -0.3 is 5.32 Å². The molecule has 0 unspecified atom stereocenters. The highest BCUT2D eigenvalue weighted by Crippen LogP contribution is 2.21. The van der Waals surface area contributed by atoms with Crippen LogP contribution >= 0.6 is 11.8 Å². The smallest absolute Gasteiger partial charge is 0.289 e. The highest BCUT2D eigenvalue weighted by molar-refractivity contribution is 8.14. The molecular formula is C12H15N3O2S. The molecule has 0 saturated carbocycles. The lowest BCUT2D eigenvalue weighted by Crippen LogP contribution is -2.28. The van der Waals surface area contributed by atoms with Gasteiger partial charge in [-0.25, -0.2) is 4.98 Å². The number of hydrogen-bond donors (Lipinski definition) is 1. The highest BCUT2D eigenvalue weighted by Gasteiger charge is 2.30. The van der Waals surface area contributed by atoms with Crippen molar-refractivity contribution in [2.45, 2.75) is 19.9 Å². The maximum absolute atomic E-state index is 11.5. The first kappa shape index (κ1) is 12.9. The van der Waals surface area contributed by atoms with Crippen LogP contribution in [0.2, 0.25) is 0 Å². The quantitative estimate of drug-likeness (QED) is 0.883. The third-order valence-corrected chi connectivity index (χ3v) is 3.38. The van der Waals surface area contributed by atoms with E-state index in [2.05, 4.69) is 17.2 Å². The van der Waals surface area contributed by atoms with Crippen molar-refractivity contribution >= 4 is 28.7 Å². The second-order valence-electron chi connectivity index (χ2n) is 3.98. The summed E-state index contributed by atoms with van der Waals surface area (Å²) in [5.41, 5.74) is 0.723. The number of pyridine rings is 1. The molecule has 1 aromatic heterocycles. The summed E-state index contributed by atoms with van der Waals surface area (Å²) in [6.07, 6.45) is 1.02. The molecule has 2 heterocycles. The maximum Gasteiger partial charge on any atom is 0.289 e. The molecule has 0 aromatic carbocycles. The maximum atomic E-state index is 11.5. The largest absolute Gasteiger partial charge is 0.370 e. The van der Waals surface area contributed by atoms with Gasteiger partial charge in [-0.05, 0) is 18.6 Å². The molecule has 0 atom stereocenters. The van der Waals surface area contributed by atoms with Gasteiger partial charge in [-0.15, -0.1) is 0 Å². The van der Waals surface area contributed by atoms with E-state index in [1.807, 2.05) is 18.2 Å². The lowest BCUT2D eigenvalue weighted by molar-refractivity contribution is -0.125. The van der Waals surface area contributed by atoms with Crippen molar-refractivity contribution in [3.63, 3.8) is 0 Å². The van der Waals surface area contributed by atoms with Crippen LogP contribution in [0.15, 0.2) is 18.2 Å². The van der Waals surface area contributed by atoms with Gasteiger partial charge in [-0.3, -0.25) is 14.5 Å². The summed E-state index contributed by atoms with van der Waals surface area (Å²) in [6.45, 7) is 3.19. The standard InChI is InChI=1S/C12H15N3O2S/c1-2-6-13-10-5-3-4-9(14-10)7-15-11(16)8-18-12(15)17/h3-5H,2,6-8H2,1H3,(H,13,14). The minimum Gasteiger partial charge on any atom is -0.370 e. The summed E-state index contributed by atoms with van der Waals surface area (Å²) in [5.74, 6) is 0.881. The normalized spacial score (nSPS) is 15.3. The number of rotatable bonds is 5. The zero-order chi connectivity index (χ0) is 13.0. The molecule has 5 nitrogen and oxygen atoms in total. The topological polar surface area (TPSA) is 62.3 Å². The van der Waals surface area contributed by atoms with E-state index in [4.69, 9.17) is 0 Å².